The van der Waals surface area contributed by atoms with Gasteiger partial charge in [-0.1, -0.05) is 44.5 Å². The maximum atomic E-state index is 12.8. The zero-order valence-corrected chi connectivity index (χ0v) is 10.0. The number of aryl methyl sites for hydroxylation is 1. The quantitative estimate of drug-likeness (QED) is 0.856. The van der Waals surface area contributed by atoms with Gasteiger partial charge in [0.15, 0.2) is 5.60 Å². The molecule has 17 heavy (non-hydrogen) atoms. The third-order valence-electron chi connectivity index (χ3n) is 2.95. The molecule has 0 saturated carbocycles. The SMILES string of the molecule is CCCc1ccc(C(O)(CC)C(F)(F)F)cc1. The third-order valence-corrected chi connectivity index (χ3v) is 2.95. The van der Waals surface area contributed by atoms with E-state index < -0.39 is 11.8 Å². The van der Waals surface area contributed by atoms with Crippen molar-refractivity contribution in [2.24, 2.45) is 0 Å². The molecule has 1 aromatic carbocycles. The predicted octanol–water partition coefficient (Wildman–Crippen LogP) is 3.80. The van der Waals surface area contributed by atoms with Crippen LogP contribution in [0.1, 0.15) is 37.8 Å². The summed E-state index contributed by atoms with van der Waals surface area (Å²) in [7, 11) is 0. The van der Waals surface area contributed by atoms with Gasteiger partial charge in [-0.2, -0.15) is 13.2 Å². The average Bonchev–Trinajstić information content (AvgIpc) is 2.28. The fourth-order valence-electron chi connectivity index (χ4n) is 1.80. The summed E-state index contributed by atoms with van der Waals surface area (Å²) >= 11 is 0. The van der Waals surface area contributed by atoms with Gasteiger partial charge < -0.3 is 5.11 Å². The molecule has 0 spiro atoms. The standard InChI is InChI=1S/C13H17F3O/c1-3-5-10-6-8-11(9-7-10)12(17,4-2)13(14,15)16/h6-9,17H,3-5H2,1-2H3. The highest BCUT2D eigenvalue weighted by molar-refractivity contribution is 5.28. The number of benzene rings is 1. The third kappa shape index (κ3) is 2.80. The van der Waals surface area contributed by atoms with Gasteiger partial charge in [0.2, 0.25) is 0 Å². The zero-order chi connectivity index (χ0) is 13.1. The minimum Gasteiger partial charge on any atom is -0.376 e. The van der Waals surface area contributed by atoms with Crippen LogP contribution in [0.25, 0.3) is 0 Å². The van der Waals surface area contributed by atoms with E-state index in [2.05, 4.69) is 0 Å². The maximum absolute atomic E-state index is 12.8. The lowest BCUT2D eigenvalue weighted by molar-refractivity contribution is -0.267. The highest BCUT2D eigenvalue weighted by Crippen LogP contribution is 2.41. The largest absolute Gasteiger partial charge is 0.421 e. The van der Waals surface area contributed by atoms with Crippen molar-refractivity contribution in [2.45, 2.75) is 44.9 Å². The van der Waals surface area contributed by atoms with Crippen LogP contribution in [0.4, 0.5) is 13.2 Å². The molecular formula is C13H17F3O. The highest BCUT2D eigenvalue weighted by atomic mass is 19.4. The molecule has 96 valence electrons. The van der Waals surface area contributed by atoms with Gasteiger partial charge in [0, 0.05) is 0 Å². The normalized spacial score (nSPS) is 15.6. The Morgan fingerprint density at radius 2 is 1.59 bits per heavy atom. The number of hydrogen-bond donors (Lipinski definition) is 1. The van der Waals surface area contributed by atoms with Crippen LogP contribution in [0.3, 0.4) is 0 Å². The van der Waals surface area contributed by atoms with Gasteiger partial charge in [-0.05, 0) is 24.0 Å². The number of hydrogen-bond acceptors (Lipinski definition) is 1. The first kappa shape index (κ1) is 14.0. The second-order valence-corrected chi connectivity index (χ2v) is 4.16. The van der Waals surface area contributed by atoms with E-state index in [1.807, 2.05) is 6.92 Å². The highest BCUT2D eigenvalue weighted by Gasteiger charge is 2.53. The van der Waals surface area contributed by atoms with E-state index in [4.69, 9.17) is 0 Å². The van der Waals surface area contributed by atoms with E-state index in [1.54, 1.807) is 12.1 Å². The van der Waals surface area contributed by atoms with E-state index in [0.717, 1.165) is 18.4 Å². The summed E-state index contributed by atoms with van der Waals surface area (Å²) in [6, 6.07) is 6.01. The second kappa shape index (κ2) is 5.08. The minimum atomic E-state index is -4.64. The van der Waals surface area contributed by atoms with Gasteiger partial charge in [-0.15, -0.1) is 0 Å². The lowest BCUT2D eigenvalue weighted by Gasteiger charge is -2.29. The van der Waals surface area contributed by atoms with Crippen LogP contribution < -0.4 is 0 Å². The lowest BCUT2D eigenvalue weighted by Crippen LogP contribution is -2.41. The molecule has 1 rings (SSSR count). The molecule has 0 bridgehead atoms. The number of aliphatic hydroxyl groups is 1. The summed E-state index contributed by atoms with van der Waals surface area (Å²) < 4.78 is 38.4. The van der Waals surface area contributed by atoms with Gasteiger partial charge >= 0.3 is 6.18 Å². The van der Waals surface area contributed by atoms with Crippen LogP contribution in [0.5, 0.6) is 0 Å². The number of halogens is 3. The first-order valence-corrected chi connectivity index (χ1v) is 5.73. The summed E-state index contributed by atoms with van der Waals surface area (Å²) in [6.07, 6.45) is -3.26. The van der Waals surface area contributed by atoms with Crippen LogP contribution in [-0.4, -0.2) is 11.3 Å². The molecule has 0 fully saturated rings. The van der Waals surface area contributed by atoms with Crippen LogP contribution >= 0.6 is 0 Å². The van der Waals surface area contributed by atoms with Gasteiger partial charge in [0.05, 0.1) is 0 Å². The Hall–Kier alpha value is -1.03. The Bertz CT molecular complexity index is 356. The smallest absolute Gasteiger partial charge is 0.376 e. The van der Waals surface area contributed by atoms with Gasteiger partial charge in [0.1, 0.15) is 0 Å². The predicted molar refractivity (Wildman–Crippen MR) is 60.7 cm³/mol. The summed E-state index contributed by atoms with van der Waals surface area (Å²) in [4.78, 5) is 0. The van der Waals surface area contributed by atoms with Crippen LogP contribution in [0.15, 0.2) is 24.3 Å². The van der Waals surface area contributed by atoms with Gasteiger partial charge in [-0.3, -0.25) is 0 Å². The van der Waals surface area contributed by atoms with E-state index in [0.29, 0.717) is 0 Å². The van der Waals surface area contributed by atoms with Crippen molar-refractivity contribution in [3.05, 3.63) is 35.4 Å². The average molecular weight is 246 g/mol. The van der Waals surface area contributed by atoms with E-state index in [1.165, 1.54) is 19.1 Å². The molecule has 0 aliphatic rings. The molecule has 0 aromatic heterocycles. The van der Waals surface area contributed by atoms with E-state index >= 15 is 0 Å². The topological polar surface area (TPSA) is 20.2 Å². The summed E-state index contributed by atoms with van der Waals surface area (Å²) in [5.41, 5.74) is -1.85. The molecule has 0 aliphatic heterocycles. The summed E-state index contributed by atoms with van der Waals surface area (Å²) in [6.45, 7) is 3.33. The lowest BCUT2D eigenvalue weighted by atomic mass is 9.89. The van der Waals surface area contributed by atoms with Gasteiger partial charge in [0.25, 0.3) is 0 Å². The molecule has 0 saturated heterocycles. The Kier molecular flexibility index (Phi) is 4.20. The number of alkyl halides is 3. The molecule has 1 nitrogen and oxygen atoms in total. The first-order chi connectivity index (χ1) is 7.85. The summed E-state index contributed by atoms with van der Waals surface area (Å²) in [5.74, 6) is 0. The fourth-order valence-corrected chi connectivity index (χ4v) is 1.80. The Morgan fingerprint density at radius 3 is 1.94 bits per heavy atom. The van der Waals surface area contributed by atoms with Crippen molar-refractivity contribution < 1.29 is 18.3 Å². The second-order valence-electron chi connectivity index (χ2n) is 4.16. The molecule has 4 heteroatoms. The van der Waals surface area contributed by atoms with Crippen LogP contribution in [0, 0.1) is 0 Å². The monoisotopic (exact) mass is 246 g/mol. The van der Waals surface area contributed by atoms with Gasteiger partial charge in [-0.25, -0.2) is 0 Å². The van der Waals surface area contributed by atoms with Crippen LogP contribution in [0.2, 0.25) is 0 Å². The molecule has 0 heterocycles. The molecule has 1 N–H and O–H groups in total. The molecule has 0 radical (unpaired) electrons. The van der Waals surface area contributed by atoms with Crippen molar-refractivity contribution in [3.8, 4) is 0 Å². The number of rotatable bonds is 4. The van der Waals surface area contributed by atoms with Crippen molar-refractivity contribution in [2.75, 3.05) is 0 Å². The molecule has 1 aromatic rings. The van der Waals surface area contributed by atoms with Crippen molar-refractivity contribution >= 4 is 0 Å². The Labute approximate surface area is 99.3 Å². The van der Waals surface area contributed by atoms with E-state index in [9.17, 15) is 18.3 Å². The molecule has 1 atom stereocenters. The zero-order valence-electron chi connectivity index (χ0n) is 10.0. The van der Waals surface area contributed by atoms with Crippen LogP contribution in [-0.2, 0) is 12.0 Å². The Morgan fingerprint density at radius 1 is 1.06 bits per heavy atom. The molecular weight excluding hydrogens is 229 g/mol. The van der Waals surface area contributed by atoms with Crippen molar-refractivity contribution in [1.29, 1.82) is 0 Å². The van der Waals surface area contributed by atoms with E-state index in [-0.39, 0.29) is 12.0 Å². The molecule has 1 unspecified atom stereocenters. The Balaban J connectivity index is 3.05. The maximum Gasteiger partial charge on any atom is 0.421 e. The minimum absolute atomic E-state index is 0.0904. The summed E-state index contributed by atoms with van der Waals surface area (Å²) in [5, 5.41) is 9.72. The fraction of sp³-hybridized carbons (Fsp3) is 0.538. The molecule has 0 aliphatic carbocycles. The molecule has 0 amide bonds. The van der Waals surface area contributed by atoms with Crippen molar-refractivity contribution in [1.82, 2.24) is 0 Å². The van der Waals surface area contributed by atoms with Crippen molar-refractivity contribution in [3.63, 3.8) is 0 Å². The first-order valence-electron chi connectivity index (χ1n) is 5.73.